The van der Waals surface area contributed by atoms with E-state index in [9.17, 15) is 19.5 Å². The van der Waals surface area contributed by atoms with E-state index in [1.54, 1.807) is 34.6 Å². The van der Waals surface area contributed by atoms with Gasteiger partial charge in [-0.3, -0.25) is 4.79 Å². The molecule has 1 rings (SSSR count). The molecule has 0 radical (unpaired) electrons. The number of allylic oxidation sites excluding steroid dienone is 2. The molecule has 0 saturated heterocycles. The largest absolute Gasteiger partial charge is 0.466 e. The van der Waals surface area contributed by atoms with Gasteiger partial charge in [0.15, 0.2) is 0 Å². The Labute approximate surface area is 165 Å². The second kappa shape index (κ2) is 10.1. The monoisotopic (exact) mass is 398 g/mol. The lowest BCUT2D eigenvalue weighted by molar-refractivity contribution is -0.162. The Morgan fingerprint density at radius 3 is 2.25 bits per heavy atom. The summed E-state index contributed by atoms with van der Waals surface area (Å²) in [6.07, 6.45) is 1.21. The summed E-state index contributed by atoms with van der Waals surface area (Å²) in [6.45, 7) is 10.0. The van der Waals surface area contributed by atoms with Crippen molar-refractivity contribution in [2.45, 2.75) is 53.3 Å². The normalized spacial score (nSPS) is 24.9. The van der Waals surface area contributed by atoms with Crippen molar-refractivity contribution < 1.29 is 33.7 Å². The quantitative estimate of drug-likeness (QED) is 0.308. The van der Waals surface area contributed by atoms with E-state index in [1.807, 2.05) is 0 Å². The fourth-order valence-corrected chi connectivity index (χ4v) is 3.14. The highest BCUT2D eigenvalue weighted by Crippen LogP contribution is 2.33. The number of rotatable bonds is 8. The lowest BCUT2D eigenvalue weighted by atomic mass is 9.80. The average Bonchev–Trinajstić information content (AvgIpc) is 2.53. The summed E-state index contributed by atoms with van der Waals surface area (Å²) in [5.41, 5.74) is -0.854. The van der Waals surface area contributed by atoms with Gasteiger partial charge in [-0.15, -0.1) is 0 Å². The molecule has 3 N–H and O–H groups in total. The molecule has 0 fully saturated rings. The van der Waals surface area contributed by atoms with Crippen molar-refractivity contribution in [3.05, 3.63) is 23.0 Å². The summed E-state index contributed by atoms with van der Waals surface area (Å²) < 4.78 is 15.1. The number of hydrogen-bond acceptors (Lipinski definition) is 9. The van der Waals surface area contributed by atoms with Gasteiger partial charge in [0, 0.05) is 17.5 Å². The van der Waals surface area contributed by atoms with Crippen molar-refractivity contribution in [1.82, 2.24) is 10.6 Å². The maximum Gasteiger partial charge on any atom is 0.337 e. The van der Waals surface area contributed by atoms with Gasteiger partial charge in [0.25, 0.3) is 0 Å². The predicted molar refractivity (Wildman–Crippen MR) is 101 cm³/mol. The van der Waals surface area contributed by atoms with Crippen LogP contribution in [0.1, 0.15) is 41.5 Å². The Morgan fingerprint density at radius 1 is 1.14 bits per heavy atom. The van der Waals surface area contributed by atoms with Crippen LogP contribution in [-0.2, 0) is 28.6 Å². The van der Waals surface area contributed by atoms with Crippen LogP contribution in [0.3, 0.4) is 0 Å². The van der Waals surface area contributed by atoms with Gasteiger partial charge in [-0.2, -0.15) is 0 Å². The van der Waals surface area contributed by atoms with Crippen molar-refractivity contribution in [3.63, 3.8) is 0 Å². The first-order chi connectivity index (χ1) is 13.1. The third-order valence-corrected chi connectivity index (χ3v) is 4.13. The third kappa shape index (κ3) is 5.72. The minimum Gasteiger partial charge on any atom is -0.466 e. The lowest BCUT2D eigenvalue weighted by Crippen LogP contribution is -2.63. The van der Waals surface area contributed by atoms with Crippen LogP contribution in [-0.4, -0.2) is 54.6 Å². The number of aliphatic hydroxyl groups is 1. The Balaban J connectivity index is 3.41. The van der Waals surface area contributed by atoms with Gasteiger partial charge >= 0.3 is 17.9 Å². The molecule has 28 heavy (non-hydrogen) atoms. The van der Waals surface area contributed by atoms with Gasteiger partial charge in [-0.05, 0) is 41.5 Å². The molecule has 1 aliphatic heterocycles. The van der Waals surface area contributed by atoms with E-state index in [-0.39, 0.29) is 25.4 Å². The Bertz CT molecular complexity index is 667. The van der Waals surface area contributed by atoms with Crippen molar-refractivity contribution in [2.24, 2.45) is 5.92 Å². The number of ether oxygens (including phenoxy) is 3. The first kappa shape index (κ1) is 23.5. The van der Waals surface area contributed by atoms with Crippen molar-refractivity contribution in [1.29, 1.82) is 0 Å². The van der Waals surface area contributed by atoms with Crippen molar-refractivity contribution in [3.8, 4) is 0 Å². The molecule has 0 aromatic carbocycles. The molecule has 0 aromatic heterocycles. The van der Waals surface area contributed by atoms with Gasteiger partial charge < -0.3 is 30.0 Å². The van der Waals surface area contributed by atoms with E-state index in [4.69, 9.17) is 14.2 Å². The van der Waals surface area contributed by atoms with Gasteiger partial charge in [0.1, 0.15) is 11.6 Å². The fraction of sp³-hybridized carbons (Fsp3) is 0.632. The maximum absolute atomic E-state index is 12.6. The SMILES string of the molecule is CCOC(=O)/C=C(\C)N[C@H]1C(C(=O)OCC)=C(C)N[C@](C)(O)[C@H]1C(=O)OCC. The van der Waals surface area contributed by atoms with E-state index in [1.165, 1.54) is 13.0 Å². The summed E-state index contributed by atoms with van der Waals surface area (Å²) in [7, 11) is 0. The second-order valence-electron chi connectivity index (χ2n) is 6.46. The zero-order valence-corrected chi connectivity index (χ0v) is 17.3. The highest BCUT2D eigenvalue weighted by atomic mass is 16.5. The fourth-order valence-electron chi connectivity index (χ4n) is 3.14. The highest BCUT2D eigenvalue weighted by molar-refractivity contribution is 5.93. The molecule has 9 heteroatoms. The predicted octanol–water partition coefficient (Wildman–Crippen LogP) is 0.740. The summed E-state index contributed by atoms with van der Waals surface area (Å²) in [6, 6.07) is -0.986. The molecule has 3 atom stereocenters. The van der Waals surface area contributed by atoms with Gasteiger partial charge in [0.2, 0.25) is 0 Å². The lowest BCUT2D eigenvalue weighted by Gasteiger charge is -2.43. The van der Waals surface area contributed by atoms with Crippen LogP contribution in [0.25, 0.3) is 0 Å². The third-order valence-electron chi connectivity index (χ3n) is 4.13. The zero-order chi connectivity index (χ0) is 21.5. The topological polar surface area (TPSA) is 123 Å². The molecule has 1 aliphatic rings. The van der Waals surface area contributed by atoms with Crippen LogP contribution in [0.15, 0.2) is 23.0 Å². The first-order valence-electron chi connectivity index (χ1n) is 9.25. The summed E-state index contributed by atoms with van der Waals surface area (Å²) in [5, 5.41) is 16.6. The molecule has 158 valence electrons. The second-order valence-corrected chi connectivity index (χ2v) is 6.46. The molecule has 1 heterocycles. The van der Waals surface area contributed by atoms with E-state index in [0.717, 1.165) is 0 Å². The van der Waals surface area contributed by atoms with Crippen molar-refractivity contribution >= 4 is 17.9 Å². The number of carbonyl (C=O) groups is 3. The maximum atomic E-state index is 12.6. The van der Waals surface area contributed by atoms with Crippen molar-refractivity contribution in [2.75, 3.05) is 19.8 Å². The van der Waals surface area contributed by atoms with Crippen LogP contribution in [0.5, 0.6) is 0 Å². The Kier molecular flexibility index (Phi) is 8.49. The van der Waals surface area contributed by atoms with Crippen LogP contribution in [0.4, 0.5) is 0 Å². The van der Waals surface area contributed by atoms with Crippen LogP contribution < -0.4 is 10.6 Å². The van der Waals surface area contributed by atoms with Crippen LogP contribution in [0, 0.1) is 5.92 Å². The van der Waals surface area contributed by atoms with E-state index < -0.39 is 35.6 Å². The summed E-state index contributed by atoms with van der Waals surface area (Å²) >= 11 is 0. The molecule has 0 bridgehead atoms. The highest BCUT2D eigenvalue weighted by Gasteiger charge is 2.51. The minimum atomic E-state index is -1.70. The Morgan fingerprint density at radius 2 is 1.71 bits per heavy atom. The molecule has 0 aromatic rings. The molecule has 0 aliphatic carbocycles. The zero-order valence-electron chi connectivity index (χ0n) is 17.3. The molecule has 9 nitrogen and oxygen atoms in total. The molecule has 0 saturated carbocycles. The van der Waals surface area contributed by atoms with Crippen LogP contribution >= 0.6 is 0 Å². The molecular weight excluding hydrogens is 368 g/mol. The average molecular weight is 398 g/mol. The van der Waals surface area contributed by atoms with E-state index in [0.29, 0.717) is 11.4 Å². The van der Waals surface area contributed by atoms with E-state index >= 15 is 0 Å². The molecule has 0 spiro atoms. The van der Waals surface area contributed by atoms with E-state index in [2.05, 4.69) is 10.6 Å². The molecule has 0 amide bonds. The standard InChI is InChI=1S/C19H30N2O7/c1-7-26-13(22)10-11(4)20-16-14(17(23)27-8-2)12(5)21-19(6,25)15(16)18(24)28-9-3/h10,15-16,20-21,25H,7-9H2,1-6H3/b11-10+/t15-,16+,19-/m1/s1. The number of carbonyl (C=O) groups excluding carboxylic acids is 3. The minimum absolute atomic E-state index is 0.104. The Hall–Kier alpha value is -2.55. The number of esters is 3. The molecule has 0 unspecified atom stereocenters. The summed E-state index contributed by atoms with van der Waals surface area (Å²) in [4.78, 5) is 36.9. The summed E-state index contributed by atoms with van der Waals surface area (Å²) in [5.74, 6) is -3.09. The number of nitrogens with one attached hydrogen (secondary N) is 2. The van der Waals surface area contributed by atoms with Gasteiger partial charge in [-0.1, -0.05) is 0 Å². The first-order valence-corrected chi connectivity index (χ1v) is 9.25. The van der Waals surface area contributed by atoms with Crippen LogP contribution in [0.2, 0.25) is 0 Å². The number of hydrogen-bond donors (Lipinski definition) is 3. The van der Waals surface area contributed by atoms with Gasteiger partial charge in [0.05, 0.1) is 31.4 Å². The van der Waals surface area contributed by atoms with Gasteiger partial charge in [-0.25, -0.2) is 9.59 Å². The molecular formula is C19H30N2O7. The smallest absolute Gasteiger partial charge is 0.337 e.